The lowest BCUT2D eigenvalue weighted by Crippen LogP contribution is -2.47. The minimum atomic E-state index is -3.57. The third kappa shape index (κ3) is 4.63. The number of anilines is 2. The Hall–Kier alpha value is -2.91. The molecule has 2 amide bonds. The van der Waals surface area contributed by atoms with Crippen LogP contribution in [0.25, 0.3) is 0 Å². The van der Waals surface area contributed by atoms with E-state index in [0.29, 0.717) is 37.4 Å². The van der Waals surface area contributed by atoms with E-state index in [0.717, 1.165) is 5.69 Å². The Labute approximate surface area is 176 Å². The van der Waals surface area contributed by atoms with E-state index in [4.69, 9.17) is 0 Å². The molecule has 1 aliphatic heterocycles. The van der Waals surface area contributed by atoms with Gasteiger partial charge in [0.05, 0.1) is 22.8 Å². The van der Waals surface area contributed by atoms with Gasteiger partial charge in [0.25, 0.3) is 5.91 Å². The molecule has 0 radical (unpaired) electrons. The van der Waals surface area contributed by atoms with Crippen molar-refractivity contribution < 1.29 is 18.0 Å². The number of carbonyl (C=O) groups is 2. The van der Waals surface area contributed by atoms with Crippen molar-refractivity contribution in [1.29, 1.82) is 0 Å². The lowest BCUT2D eigenvalue weighted by molar-refractivity contribution is -0.120. The van der Waals surface area contributed by atoms with Crippen LogP contribution in [0.15, 0.2) is 53.4 Å². The highest BCUT2D eigenvalue weighted by Crippen LogP contribution is 2.26. The van der Waals surface area contributed by atoms with Crippen molar-refractivity contribution in [2.75, 3.05) is 42.9 Å². The molecule has 1 aliphatic rings. The zero-order valence-electron chi connectivity index (χ0n) is 17.1. The van der Waals surface area contributed by atoms with Crippen molar-refractivity contribution in [2.45, 2.75) is 18.7 Å². The Morgan fingerprint density at radius 1 is 1.10 bits per heavy atom. The van der Waals surface area contributed by atoms with Crippen molar-refractivity contribution >= 4 is 33.2 Å². The molecule has 0 spiro atoms. The van der Waals surface area contributed by atoms with Crippen molar-refractivity contribution in [3.8, 4) is 0 Å². The topological polar surface area (TPSA) is 98.8 Å². The third-order valence-electron chi connectivity index (χ3n) is 4.99. The summed E-state index contributed by atoms with van der Waals surface area (Å²) in [4.78, 5) is 26.5. The fourth-order valence-electron chi connectivity index (χ4n) is 3.38. The first-order valence-electron chi connectivity index (χ1n) is 9.89. The van der Waals surface area contributed by atoms with Gasteiger partial charge < -0.3 is 15.5 Å². The van der Waals surface area contributed by atoms with Crippen molar-refractivity contribution in [3.05, 3.63) is 54.1 Å². The molecule has 1 heterocycles. The molecule has 160 valence electrons. The van der Waals surface area contributed by atoms with Crippen LogP contribution in [0, 0.1) is 0 Å². The van der Waals surface area contributed by atoms with Gasteiger partial charge in [-0.2, -0.15) is 4.31 Å². The van der Waals surface area contributed by atoms with Crippen LogP contribution in [0.1, 0.15) is 24.2 Å². The standard InChI is InChI=1S/C21H26N4O4S/c1-3-25(4-2)30(28,29)17-11-9-16(10-12-17)21(27)23-18-7-5-6-8-19(18)24-14-13-22-20(26)15-24/h5-12H,3-4,13-15H2,1-2H3,(H,22,26)(H,23,27). The summed E-state index contributed by atoms with van der Waals surface area (Å²) in [5.41, 5.74) is 1.71. The van der Waals surface area contributed by atoms with Crippen LogP contribution in [-0.2, 0) is 14.8 Å². The van der Waals surface area contributed by atoms with Gasteiger partial charge in [0.1, 0.15) is 0 Å². The van der Waals surface area contributed by atoms with Crippen molar-refractivity contribution in [3.63, 3.8) is 0 Å². The number of hydrogen-bond donors (Lipinski definition) is 2. The molecule has 0 atom stereocenters. The molecular formula is C21H26N4O4S. The van der Waals surface area contributed by atoms with Gasteiger partial charge in [-0.1, -0.05) is 26.0 Å². The van der Waals surface area contributed by atoms with Crippen LogP contribution in [0.4, 0.5) is 11.4 Å². The molecule has 2 aromatic carbocycles. The highest BCUT2D eigenvalue weighted by molar-refractivity contribution is 7.89. The smallest absolute Gasteiger partial charge is 0.255 e. The van der Waals surface area contributed by atoms with E-state index in [1.54, 1.807) is 19.9 Å². The van der Waals surface area contributed by atoms with Crippen LogP contribution in [-0.4, -0.2) is 57.3 Å². The fraction of sp³-hybridized carbons (Fsp3) is 0.333. The number of nitrogens with one attached hydrogen (secondary N) is 2. The maximum Gasteiger partial charge on any atom is 0.255 e. The number of rotatable bonds is 7. The number of amides is 2. The van der Waals surface area contributed by atoms with Gasteiger partial charge in [0, 0.05) is 31.7 Å². The molecule has 2 N–H and O–H groups in total. The quantitative estimate of drug-likeness (QED) is 0.699. The summed E-state index contributed by atoms with van der Waals surface area (Å²) in [6.45, 7) is 5.75. The zero-order chi connectivity index (χ0) is 21.7. The predicted octanol–water partition coefficient (Wildman–Crippen LogP) is 1.91. The van der Waals surface area contributed by atoms with Crippen LogP contribution < -0.4 is 15.5 Å². The maximum atomic E-state index is 12.8. The van der Waals surface area contributed by atoms with Crippen LogP contribution in [0.5, 0.6) is 0 Å². The van der Waals surface area contributed by atoms with E-state index in [-0.39, 0.29) is 23.3 Å². The fourth-order valence-corrected chi connectivity index (χ4v) is 4.84. The molecule has 0 aliphatic carbocycles. The molecule has 0 saturated carbocycles. The van der Waals surface area contributed by atoms with E-state index >= 15 is 0 Å². The second-order valence-electron chi connectivity index (χ2n) is 6.86. The van der Waals surface area contributed by atoms with Gasteiger partial charge >= 0.3 is 0 Å². The first kappa shape index (κ1) is 21.8. The summed E-state index contributed by atoms with van der Waals surface area (Å²) in [7, 11) is -3.57. The lowest BCUT2D eigenvalue weighted by Gasteiger charge is -2.30. The first-order chi connectivity index (χ1) is 14.4. The molecule has 0 aromatic heterocycles. The number of hydrogen-bond acceptors (Lipinski definition) is 5. The number of carbonyl (C=O) groups excluding carboxylic acids is 2. The third-order valence-corrected chi connectivity index (χ3v) is 7.06. The van der Waals surface area contributed by atoms with Crippen LogP contribution in [0.2, 0.25) is 0 Å². The van der Waals surface area contributed by atoms with Gasteiger partial charge in [-0.25, -0.2) is 8.42 Å². The Balaban J connectivity index is 1.78. The van der Waals surface area contributed by atoms with Crippen molar-refractivity contribution in [2.24, 2.45) is 0 Å². The predicted molar refractivity (Wildman–Crippen MR) is 116 cm³/mol. The zero-order valence-corrected chi connectivity index (χ0v) is 17.9. The van der Waals surface area contributed by atoms with Gasteiger partial charge in [0.2, 0.25) is 15.9 Å². The summed E-state index contributed by atoms with van der Waals surface area (Å²) < 4.78 is 26.6. The van der Waals surface area contributed by atoms with E-state index in [1.807, 2.05) is 23.1 Å². The monoisotopic (exact) mass is 430 g/mol. The maximum absolute atomic E-state index is 12.8. The summed E-state index contributed by atoms with van der Waals surface area (Å²) in [6, 6.07) is 13.2. The Kier molecular flexibility index (Phi) is 6.73. The normalized spacial score (nSPS) is 14.5. The Bertz CT molecular complexity index is 1020. The highest BCUT2D eigenvalue weighted by atomic mass is 32.2. The summed E-state index contributed by atoms with van der Waals surface area (Å²) in [6.07, 6.45) is 0. The number of piperazine rings is 1. The number of benzene rings is 2. The van der Waals surface area contributed by atoms with Gasteiger partial charge in [-0.15, -0.1) is 0 Å². The summed E-state index contributed by atoms with van der Waals surface area (Å²) >= 11 is 0. The molecule has 0 bridgehead atoms. The lowest BCUT2D eigenvalue weighted by atomic mass is 10.2. The van der Waals surface area contributed by atoms with E-state index in [2.05, 4.69) is 10.6 Å². The molecule has 1 fully saturated rings. The van der Waals surface area contributed by atoms with Gasteiger partial charge in [-0.3, -0.25) is 9.59 Å². The molecular weight excluding hydrogens is 404 g/mol. The Morgan fingerprint density at radius 3 is 2.40 bits per heavy atom. The average molecular weight is 431 g/mol. The van der Waals surface area contributed by atoms with Gasteiger partial charge in [0.15, 0.2) is 0 Å². The molecule has 1 saturated heterocycles. The first-order valence-corrected chi connectivity index (χ1v) is 11.3. The Morgan fingerprint density at radius 2 is 1.77 bits per heavy atom. The highest BCUT2D eigenvalue weighted by Gasteiger charge is 2.22. The summed E-state index contributed by atoms with van der Waals surface area (Å²) in [5.74, 6) is -0.414. The molecule has 0 unspecified atom stereocenters. The average Bonchev–Trinajstić information content (AvgIpc) is 2.75. The molecule has 3 rings (SSSR count). The summed E-state index contributed by atoms with van der Waals surface area (Å²) in [5, 5.41) is 5.65. The molecule has 30 heavy (non-hydrogen) atoms. The van der Waals surface area contributed by atoms with E-state index < -0.39 is 10.0 Å². The SMILES string of the molecule is CCN(CC)S(=O)(=O)c1ccc(C(=O)Nc2ccccc2N2CCNC(=O)C2)cc1. The largest absolute Gasteiger partial charge is 0.359 e. The van der Waals surface area contributed by atoms with Crippen LogP contribution >= 0.6 is 0 Å². The second kappa shape index (κ2) is 9.27. The number of sulfonamides is 1. The minimum absolute atomic E-state index is 0.0626. The van der Waals surface area contributed by atoms with Crippen LogP contribution in [0.3, 0.4) is 0 Å². The van der Waals surface area contributed by atoms with E-state index in [9.17, 15) is 18.0 Å². The van der Waals surface area contributed by atoms with E-state index in [1.165, 1.54) is 28.6 Å². The number of nitrogens with zero attached hydrogens (tertiary/aromatic N) is 2. The van der Waals surface area contributed by atoms with Gasteiger partial charge in [-0.05, 0) is 36.4 Å². The number of para-hydroxylation sites is 2. The van der Waals surface area contributed by atoms with Crippen molar-refractivity contribution in [1.82, 2.24) is 9.62 Å². The minimum Gasteiger partial charge on any atom is -0.359 e. The molecule has 2 aromatic rings. The second-order valence-corrected chi connectivity index (χ2v) is 8.79. The molecule has 9 heteroatoms. The molecule has 8 nitrogen and oxygen atoms in total.